The Bertz CT molecular complexity index is 1460. The van der Waals surface area contributed by atoms with Gasteiger partial charge in [0.25, 0.3) is 5.91 Å². The number of aromatic amines is 1. The Morgan fingerprint density at radius 2 is 2.11 bits per heavy atom. The van der Waals surface area contributed by atoms with Gasteiger partial charge in [0.1, 0.15) is 0 Å². The van der Waals surface area contributed by atoms with Crippen molar-refractivity contribution in [1.82, 2.24) is 19.9 Å². The highest BCUT2D eigenvalue weighted by Crippen LogP contribution is 2.37. The average Bonchev–Trinajstić information content (AvgIpc) is 3.63. The molecule has 37 heavy (non-hydrogen) atoms. The van der Waals surface area contributed by atoms with Crippen LogP contribution in [0.25, 0.3) is 17.0 Å². The third kappa shape index (κ3) is 5.75. The molecule has 0 saturated heterocycles. The van der Waals surface area contributed by atoms with E-state index in [1.54, 1.807) is 16.1 Å². The first-order valence-electron chi connectivity index (χ1n) is 12.3. The first-order valence-corrected chi connectivity index (χ1v) is 13.5. The standard InChI is InChI=1S/C28H30N4O4S/c33-28(30-34)12-8-20-7-10-25-21(16-20)9-11-27(25)31(18-23-4-3-14-32(23)19-37(35)36)15-13-22-17-29-26-6-2-1-5-24(22)26/h1-8,10,12,14,16-17,27,29,34H,9,11,13,15,18-19H2,(H,30,33)(H,35,36)/p-1. The van der Waals surface area contributed by atoms with Crippen LogP contribution in [0.5, 0.6) is 0 Å². The number of amides is 1. The zero-order valence-electron chi connectivity index (χ0n) is 20.3. The van der Waals surface area contributed by atoms with Gasteiger partial charge < -0.3 is 14.1 Å². The maximum Gasteiger partial charge on any atom is 0.267 e. The number of benzene rings is 2. The first kappa shape index (κ1) is 25.2. The van der Waals surface area contributed by atoms with Crippen molar-refractivity contribution in [3.63, 3.8) is 0 Å². The Balaban J connectivity index is 1.41. The molecule has 192 valence electrons. The third-order valence-electron chi connectivity index (χ3n) is 7.07. The summed E-state index contributed by atoms with van der Waals surface area (Å²) < 4.78 is 24.6. The van der Waals surface area contributed by atoms with Crippen LogP contribution in [-0.4, -0.2) is 40.9 Å². The predicted octanol–water partition coefficient (Wildman–Crippen LogP) is 4.06. The molecule has 0 aliphatic heterocycles. The zero-order valence-corrected chi connectivity index (χ0v) is 21.1. The lowest BCUT2D eigenvalue weighted by molar-refractivity contribution is -0.124. The molecule has 3 N–H and O–H groups in total. The maximum absolute atomic E-state index is 11.4. The number of nitrogens with zero attached hydrogens (tertiary/aromatic N) is 2. The molecule has 0 spiro atoms. The van der Waals surface area contributed by atoms with Crippen LogP contribution >= 0.6 is 0 Å². The molecular formula is C28H29N4O4S-. The summed E-state index contributed by atoms with van der Waals surface area (Å²) in [7, 11) is 0. The molecule has 1 aliphatic carbocycles. The molecule has 1 amide bonds. The van der Waals surface area contributed by atoms with E-state index in [0.29, 0.717) is 6.54 Å². The van der Waals surface area contributed by atoms with E-state index >= 15 is 0 Å². The minimum Gasteiger partial charge on any atom is -0.771 e. The van der Waals surface area contributed by atoms with Crippen LogP contribution in [0, 0.1) is 0 Å². The Kier molecular flexibility index (Phi) is 7.66. The molecule has 1 aliphatic rings. The van der Waals surface area contributed by atoms with Gasteiger partial charge in [0.05, 0.1) is 5.88 Å². The van der Waals surface area contributed by atoms with Gasteiger partial charge in [-0.25, -0.2) is 5.48 Å². The molecule has 2 aromatic carbocycles. The molecule has 0 fully saturated rings. The number of carbonyl (C=O) groups excluding carboxylic acids is 1. The second-order valence-electron chi connectivity index (χ2n) is 9.30. The number of aromatic nitrogens is 2. The van der Waals surface area contributed by atoms with Crippen LogP contribution in [0.1, 0.15) is 40.4 Å². The number of rotatable bonds is 10. The van der Waals surface area contributed by atoms with E-state index in [1.807, 2.05) is 30.5 Å². The minimum atomic E-state index is -2.17. The van der Waals surface area contributed by atoms with Crippen molar-refractivity contribution >= 4 is 34.0 Å². The predicted molar refractivity (Wildman–Crippen MR) is 142 cm³/mol. The number of carbonyl (C=O) groups is 1. The molecule has 2 unspecified atom stereocenters. The summed E-state index contributed by atoms with van der Waals surface area (Å²) in [5, 5.41) is 9.94. The van der Waals surface area contributed by atoms with E-state index in [-0.39, 0.29) is 11.9 Å². The van der Waals surface area contributed by atoms with E-state index in [2.05, 4.69) is 46.4 Å². The summed E-state index contributed by atoms with van der Waals surface area (Å²) >= 11 is -2.17. The van der Waals surface area contributed by atoms with Crippen LogP contribution < -0.4 is 5.48 Å². The molecule has 4 aromatic rings. The number of H-pyrrole nitrogens is 1. The molecule has 5 rings (SSSR count). The molecule has 2 aromatic heterocycles. The molecule has 0 bridgehead atoms. The normalized spacial score (nSPS) is 16.0. The second kappa shape index (κ2) is 11.3. The van der Waals surface area contributed by atoms with Crippen molar-refractivity contribution < 1.29 is 18.8 Å². The maximum atomic E-state index is 11.4. The number of hydrogen-bond acceptors (Lipinski definition) is 5. The largest absolute Gasteiger partial charge is 0.771 e. The zero-order chi connectivity index (χ0) is 25.8. The van der Waals surface area contributed by atoms with Crippen molar-refractivity contribution in [2.24, 2.45) is 0 Å². The van der Waals surface area contributed by atoms with Gasteiger partial charge in [-0.3, -0.25) is 19.1 Å². The van der Waals surface area contributed by atoms with E-state index in [1.165, 1.54) is 28.2 Å². The molecule has 8 nitrogen and oxygen atoms in total. The average molecular weight is 518 g/mol. The molecule has 9 heteroatoms. The highest BCUT2D eigenvalue weighted by Gasteiger charge is 2.28. The third-order valence-corrected chi connectivity index (χ3v) is 7.56. The second-order valence-corrected chi connectivity index (χ2v) is 10.2. The summed E-state index contributed by atoms with van der Waals surface area (Å²) in [5.74, 6) is -0.624. The molecule has 0 radical (unpaired) electrons. The SMILES string of the molecule is O=C(C=Cc1ccc2c(c1)CCC2N(CCc1c[nH]c2ccccc12)Cc1cccn1CS(=O)[O-])NO. The molecule has 2 heterocycles. The molecule has 2 atom stereocenters. The van der Waals surface area contributed by atoms with Gasteiger partial charge in [-0.15, -0.1) is 0 Å². The molecule has 0 saturated carbocycles. The number of aryl methyl sites for hydroxylation is 1. The van der Waals surface area contributed by atoms with Gasteiger partial charge in [-0.05, 0) is 76.9 Å². The van der Waals surface area contributed by atoms with E-state index < -0.39 is 17.0 Å². The number of hydroxylamine groups is 1. The summed E-state index contributed by atoms with van der Waals surface area (Å²) in [6.07, 6.45) is 9.62. The monoisotopic (exact) mass is 517 g/mol. The van der Waals surface area contributed by atoms with Gasteiger partial charge in [0.2, 0.25) is 0 Å². The van der Waals surface area contributed by atoms with Crippen molar-refractivity contribution in [1.29, 1.82) is 0 Å². The number of nitrogens with one attached hydrogen (secondary N) is 2. The Hall–Kier alpha value is -3.50. The van der Waals surface area contributed by atoms with Gasteiger partial charge in [0, 0.05) is 54.2 Å². The number of hydrogen-bond donors (Lipinski definition) is 3. The van der Waals surface area contributed by atoms with Gasteiger partial charge in [-0.2, -0.15) is 0 Å². The highest BCUT2D eigenvalue weighted by atomic mass is 32.2. The fourth-order valence-corrected chi connectivity index (χ4v) is 5.77. The minimum absolute atomic E-state index is 0.0585. The number of para-hydroxylation sites is 1. The fraction of sp³-hybridized carbons (Fsp3) is 0.250. The topological polar surface area (TPSA) is 113 Å². The summed E-state index contributed by atoms with van der Waals surface area (Å²) in [6.45, 7) is 1.45. The van der Waals surface area contributed by atoms with Crippen molar-refractivity contribution in [2.75, 3.05) is 6.54 Å². The lowest BCUT2D eigenvalue weighted by Gasteiger charge is -2.30. The lowest BCUT2D eigenvalue weighted by atomic mass is 10.0. The van der Waals surface area contributed by atoms with Gasteiger partial charge >= 0.3 is 0 Å². The van der Waals surface area contributed by atoms with Crippen LogP contribution in [-0.2, 0) is 41.1 Å². The van der Waals surface area contributed by atoms with Crippen LogP contribution in [0.15, 0.2) is 73.1 Å². The Labute approximate surface area is 217 Å². The Morgan fingerprint density at radius 3 is 2.95 bits per heavy atom. The van der Waals surface area contributed by atoms with Crippen LogP contribution in [0.2, 0.25) is 0 Å². The van der Waals surface area contributed by atoms with Crippen LogP contribution in [0.4, 0.5) is 0 Å². The van der Waals surface area contributed by atoms with Crippen molar-refractivity contribution in [3.05, 3.63) is 101 Å². The van der Waals surface area contributed by atoms with Crippen molar-refractivity contribution in [3.8, 4) is 0 Å². The van der Waals surface area contributed by atoms with Crippen LogP contribution in [0.3, 0.4) is 0 Å². The fourth-order valence-electron chi connectivity index (χ4n) is 5.30. The number of fused-ring (bicyclic) bond motifs is 2. The quantitative estimate of drug-likeness (QED) is 0.127. The smallest absolute Gasteiger partial charge is 0.267 e. The Morgan fingerprint density at radius 1 is 1.24 bits per heavy atom. The highest BCUT2D eigenvalue weighted by molar-refractivity contribution is 7.78. The summed E-state index contributed by atoms with van der Waals surface area (Å²) in [6, 6.07) is 18.6. The summed E-state index contributed by atoms with van der Waals surface area (Å²) in [5.41, 5.74) is 8.36. The van der Waals surface area contributed by atoms with Crippen molar-refractivity contribution in [2.45, 2.75) is 37.7 Å². The molecular weight excluding hydrogens is 488 g/mol. The van der Waals surface area contributed by atoms with E-state index in [0.717, 1.165) is 42.6 Å². The first-order chi connectivity index (χ1) is 18.0. The van der Waals surface area contributed by atoms with Gasteiger partial charge in [-0.1, -0.05) is 36.4 Å². The van der Waals surface area contributed by atoms with E-state index in [9.17, 15) is 13.6 Å². The van der Waals surface area contributed by atoms with Gasteiger partial charge in [0.15, 0.2) is 0 Å². The van der Waals surface area contributed by atoms with E-state index in [4.69, 9.17) is 5.21 Å². The lowest BCUT2D eigenvalue weighted by Crippen LogP contribution is -2.30. The summed E-state index contributed by atoms with van der Waals surface area (Å²) in [4.78, 5) is 17.2.